The molecule has 6 heteroatoms. The second kappa shape index (κ2) is 10.4. The van der Waals surface area contributed by atoms with Crippen molar-refractivity contribution in [2.75, 3.05) is 11.9 Å². The Hall–Kier alpha value is -3.93. The fraction of sp³-hybridized carbons (Fsp3) is 0.300. The van der Waals surface area contributed by atoms with E-state index >= 15 is 0 Å². The molecule has 2 N–H and O–H groups in total. The number of urea groups is 1. The maximum Gasteiger partial charge on any atom is 0.325 e. The minimum absolute atomic E-state index is 0.201. The summed E-state index contributed by atoms with van der Waals surface area (Å²) < 4.78 is 0. The van der Waals surface area contributed by atoms with E-state index < -0.39 is 23.4 Å². The number of carbonyl (C=O) groups excluding carboxylic acids is 3. The number of nitrogens with zero attached hydrogens (tertiary/aromatic N) is 1. The monoisotopic (exact) mass is 483 g/mol. The van der Waals surface area contributed by atoms with Gasteiger partial charge in [0.1, 0.15) is 6.54 Å². The molecule has 36 heavy (non-hydrogen) atoms. The van der Waals surface area contributed by atoms with Crippen LogP contribution in [0.25, 0.3) is 0 Å². The first-order valence-corrected chi connectivity index (χ1v) is 12.4. The van der Waals surface area contributed by atoms with E-state index in [1.54, 1.807) is 0 Å². The fourth-order valence-electron chi connectivity index (χ4n) is 4.83. The lowest BCUT2D eigenvalue weighted by atomic mass is 9.83. The van der Waals surface area contributed by atoms with Crippen LogP contribution in [0.3, 0.4) is 0 Å². The van der Waals surface area contributed by atoms with Crippen LogP contribution in [0.2, 0.25) is 0 Å². The summed E-state index contributed by atoms with van der Waals surface area (Å²) in [7, 11) is 0. The van der Waals surface area contributed by atoms with Crippen LogP contribution >= 0.6 is 0 Å². The molecule has 4 amide bonds. The number of hydrogen-bond acceptors (Lipinski definition) is 3. The predicted molar refractivity (Wildman–Crippen MR) is 142 cm³/mol. The van der Waals surface area contributed by atoms with E-state index in [4.69, 9.17) is 0 Å². The maximum atomic E-state index is 13.8. The van der Waals surface area contributed by atoms with E-state index in [1.165, 1.54) is 0 Å². The smallest absolute Gasteiger partial charge is 0.324 e. The summed E-state index contributed by atoms with van der Waals surface area (Å²) in [6, 6.07) is 24.2. The van der Waals surface area contributed by atoms with Crippen LogP contribution in [0.5, 0.6) is 0 Å². The summed E-state index contributed by atoms with van der Waals surface area (Å²) in [4.78, 5) is 41.2. The van der Waals surface area contributed by atoms with Gasteiger partial charge in [-0.1, -0.05) is 107 Å². The van der Waals surface area contributed by atoms with Gasteiger partial charge in [0.2, 0.25) is 5.91 Å². The van der Waals surface area contributed by atoms with E-state index in [0.717, 1.165) is 27.3 Å². The third-order valence-corrected chi connectivity index (χ3v) is 6.69. The Morgan fingerprint density at radius 1 is 0.833 bits per heavy atom. The van der Waals surface area contributed by atoms with E-state index in [1.807, 2.05) is 78.9 Å². The predicted octanol–water partition coefficient (Wildman–Crippen LogP) is 5.56. The molecule has 1 heterocycles. The van der Waals surface area contributed by atoms with E-state index in [-0.39, 0.29) is 24.8 Å². The molecule has 1 unspecified atom stereocenters. The second-order valence-corrected chi connectivity index (χ2v) is 9.92. The quantitative estimate of drug-likeness (QED) is 0.412. The van der Waals surface area contributed by atoms with Gasteiger partial charge in [0.15, 0.2) is 5.54 Å². The van der Waals surface area contributed by atoms with Gasteiger partial charge in [0, 0.05) is 12.1 Å². The SMILES string of the molecule is CC(C)c1cccc(C(C)C)c1NC(=O)CN1C(=O)NC(Cc2ccccc2)(c2ccccc2)C1=O. The van der Waals surface area contributed by atoms with Crippen LogP contribution in [0.1, 0.15) is 61.8 Å². The molecule has 1 atom stereocenters. The fourth-order valence-corrected chi connectivity index (χ4v) is 4.83. The minimum Gasteiger partial charge on any atom is -0.324 e. The van der Waals surface area contributed by atoms with Crippen LogP contribution in [0.4, 0.5) is 10.5 Å². The van der Waals surface area contributed by atoms with Gasteiger partial charge in [-0.15, -0.1) is 0 Å². The van der Waals surface area contributed by atoms with Crippen molar-refractivity contribution in [2.24, 2.45) is 0 Å². The number of benzene rings is 3. The highest BCUT2D eigenvalue weighted by atomic mass is 16.2. The van der Waals surface area contributed by atoms with Crippen molar-refractivity contribution in [1.29, 1.82) is 0 Å². The molecule has 0 saturated carbocycles. The van der Waals surface area contributed by atoms with Crippen molar-refractivity contribution in [1.82, 2.24) is 10.2 Å². The molecule has 1 fully saturated rings. The lowest BCUT2D eigenvalue weighted by Gasteiger charge is -2.27. The highest BCUT2D eigenvalue weighted by Crippen LogP contribution is 2.34. The van der Waals surface area contributed by atoms with Gasteiger partial charge in [-0.05, 0) is 34.1 Å². The Kier molecular flexibility index (Phi) is 7.25. The molecule has 0 aliphatic carbocycles. The van der Waals surface area contributed by atoms with Crippen molar-refractivity contribution in [3.63, 3.8) is 0 Å². The Labute approximate surface area is 212 Å². The number of hydrogen-bond donors (Lipinski definition) is 2. The molecule has 1 aliphatic rings. The molecule has 186 valence electrons. The van der Waals surface area contributed by atoms with Gasteiger partial charge in [-0.2, -0.15) is 0 Å². The maximum absolute atomic E-state index is 13.8. The lowest BCUT2D eigenvalue weighted by molar-refractivity contribution is -0.134. The van der Waals surface area contributed by atoms with Crippen LogP contribution in [0.15, 0.2) is 78.9 Å². The molecule has 0 aromatic heterocycles. The van der Waals surface area contributed by atoms with Crippen LogP contribution in [-0.4, -0.2) is 29.3 Å². The van der Waals surface area contributed by atoms with Crippen molar-refractivity contribution < 1.29 is 14.4 Å². The van der Waals surface area contributed by atoms with Crippen molar-refractivity contribution >= 4 is 23.5 Å². The van der Waals surface area contributed by atoms with E-state index in [0.29, 0.717) is 5.56 Å². The number of nitrogens with one attached hydrogen (secondary N) is 2. The first-order valence-electron chi connectivity index (χ1n) is 12.4. The molecular weight excluding hydrogens is 450 g/mol. The minimum atomic E-state index is -1.28. The highest BCUT2D eigenvalue weighted by molar-refractivity contribution is 6.10. The Morgan fingerprint density at radius 3 is 1.94 bits per heavy atom. The Morgan fingerprint density at radius 2 is 1.39 bits per heavy atom. The van der Waals surface area contributed by atoms with Crippen molar-refractivity contribution in [2.45, 2.75) is 51.5 Å². The van der Waals surface area contributed by atoms with Gasteiger partial charge < -0.3 is 10.6 Å². The van der Waals surface area contributed by atoms with Gasteiger partial charge in [0.05, 0.1) is 0 Å². The van der Waals surface area contributed by atoms with Crippen molar-refractivity contribution in [3.05, 3.63) is 101 Å². The molecule has 3 aromatic carbocycles. The zero-order valence-corrected chi connectivity index (χ0v) is 21.2. The third-order valence-electron chi connectivity index (χ3n) is 6.69. The first-order chi connectivity index (χ1) is 17.2. The summed E-state index contributed by atoms with van der Waals surface area (Å²) in [6.07, 6.45) is 0.286. The first kappa shape index (κ1) is 25.2. The molecule has 0 bridgehead atoms. The normalized spacial score (nSPS) is 17.6. The van der Waals surface area contributed by atoms with E-state index in [9.17, 15) is 14.4 Å². The average Bonchev–Trinajstić information content (AvgIpc) is 3.09. The Balaban J connectivity index is 1.63. The molecule has 0 radical (unpaired) electrons. The number of imide groups is 1. The molecular formula is C30H33N3O3. The van der Waals surface area contributed by atoms with Gasteiger partial charge in [-0.3, -0.25) is 14.5 Å². The molecule has 4 rings (SSSR count). The van der Waals surface area contributed by atoms with Crippen LogP contribution in [-0.2, 0) is 21.5 Å². The van der Waals surface area contributed by atoms with E-state index in [2.05, 4.69) is 38.3 Å². The standard InChI is InChI=1S/C30H33N3O3/c1-20(2)24-16-11-17-25(21(3)4)27(24)31-26(34)19-33-28(35)30(32-29(33)36,23-14-9-6-10-15-23)18-22-12-7-5-8-13-22/h5-17,20-21H,18-19H2,1-4H3,(H,31,34)(H,32,36). The summed E-state index contributed by atoms with van der Waals surface area (Å²) >= 11 is 0. The Bertz CT molecular complexity index is 1230. The second-order valence-electron chi connectivity index (χ2n) is 9.92. The number of anilines is 1. The number of carbonyl (C=O) groups is 3. The van der Waals surface area contributed by atoms with Gasteiger partial charge in [0.25, 0.3) is 5.91 Å². The number of rotatable bonds is 8. The number of para-hydroxylation sites is 1. The summed E-state index contributed by atoms with van der Waals surface area (Å²) in [6.45, 7) is 7.93. The molecule has 1 saturated heterocycles. The van der Waals surface area contributed by atoms with Gasteiger partial charge >= 0.3 is 6.03 Å². The molecule has 1 aliphatic heterocycles. The molecule has 6 nitrogen and oxygen atoms in total. The summed E-state index contributed by atoms with van der Waals surface area (Å²) in [5.41, 5.74) is 3.12. The zero-order valence-electron chi connectivity index (χ0n) is 21.2. The lowest BCUT2D eigenvalue weighted by Crippen LogP contribution is -2.46. The molecule has 0 spiro atoms. The largest absolute Gasteiger partial charge is 0.325 e. The number of amides is 4. The summed E-state index contributed by atoms with van der Waals surface area (Å²) in [5, 5.41) is 5.93. The van der Waals surface area contributed by atoms with Crippen LogP contribution in [0, 0.1) is 0 Å². The summed E-state index contributed by atoms with van der Waals surface area (Å²) in [5.74, 6) is -0.435. The van der Waals surface area contributed by atoms with Crippen molar-refractivity contribution in [3.8, 4) is 0 Å². The zero-order chi connectivity index (χ0) is 25.9. The topological polar surface area (TPSA) is 78.5 Å². The third kappa shape index (κ3) is 4.89. The average molecular weight is 484 g/mol. The highest BCUT2D eigenvalue weighted by Gasteiger charge is 2.52. The molecule has 3 aromatic rings. The van der Waals surface area contributed by atoms with Gasteiger partial charge in [-0.25, -0.2) is 4.79 Å². The van der Waals surface area contributed by atoms with Crippen LogP contribution < -0.4 is 10.6 Å².